The lowest BCUT2D eigenvalue weighted by molar-refractivity contribution is 0.673. The Morgan fingerprint density at radius 1 is 0.373 bits per heavy atom. The standard InChI is InChI=1S/C56H36N2O/c1-2-16-40-36-41(29-28-37(40)14-1)38-30-33-42(34-31-38)57(52-25-11-12-26-53(52)58-50-23-9-5-18-44(50)45-19-6-10-24-51(45)58)49-22-8-7-20-46(49)47-21-13-27-54-55(47)48-35-32-39-15-3-4-17-43(39)56(48)59-54/h1-36H. The Balaban J connectivity index is 1.11. The summed E-state index contributed by atoms with van der Waals surface area (Å²) in [5.41, 5.74) is 13.0. The molecule has 0 saturated heterocycles. The van der Waals surface area contributed by atoms with E-state index in [0.29, 0.717) is 0 Å². The summed E-state index contributed by atoms with van der Waals surface area (Å²) in [6.07, 6.45) is 0. The number of hydrogen-bond donors (Lipinski definition) is 0. The molecule has 276 valence electrons. The molecule has 0 saturated carbocycles. The van der Waals surface area contributed by atoms with Crippen LogP contribution in [-0.4, -0.2) is 4.57 Å². The number of hydrogen-bond acceptors (Lipinski definition) is 2. The average molecular weight is 753 g/mol. The van der Waals surface area contributed by atoms with E-state index < -0.39 is 0 Å². The Kier molecular flexibility index (Phi) is 7.54. The number of aromatic nitrogens is 1. The molecule has 3 heteroatoms. The van der Waals surface area contributed by atoms with Crippen LogP contribution in [0.25, 0.3) is 93.2 Å². The summed E-state index contributed by atoms with van der Waals surface area (Å²) < 4.78 is 9.14. The number of furan rings is 1. The lowest BCUT2D eigenvalue weighted by Crippen LogP contribution is -2.14. The van der Waals surface area contributed by atoms with E-state index in [0.717, 1.165) is 61.2 Å². The second-order valence-corrected chi connectivity index (χ2v) is 15.3. The molecule has 0 bridgehead atoms. The highest BCUT2D eigenvalue weighted by molar-refractivity contribution is 6.20. The minimum atomic E-state index is 0.876. The van der Waals surface area contributed by atoms with Gasteiger partial charge in [0, 0.05) is 38.2 Å². The zero-order valence-corrected chi connectivity index (χ0v) is 32.1. The zero-order chi connectivity index (χ0) is 38.9. The molecule has 0 radical (unpaired) electrons. The van der Waals surface area contributed by atoms with Crippen molar-refractivity contribution in [1.29, 1.82) is 0 Å². The molecule has 0 spiro atoms. The lowest BCUT2D eigenvalue weighted by Gasteiger charge is -2.30. The van der Waals surface area contributed by atoms with Crippen molar-refractivity contribution >= 4 is 82.4 Å². The van der Waals surface area contributed by atoms with Crippen LogP contribution in [0.1, 0.15) is 0 Å². The van der Waals surface area contributed by atoms with Gasteiger partial charge < -0.3 is 13.9 Å². The molecular weight excluding hydrogens is 717 g/mol. The van der Waals surface area contributed by atoms with Crippen molar-refractivity contribution in [3.8, 4) is 27.9 Å². The van der Waals surface area contributed by atoms with Crippen molar-refractivity contribution in [2.24, 2.45) is 0 Å². The highest BCUT2D eigenvalue weighted by atomic mass is 16.3. The first-order valence-corrected chi connectivity index (χ1v) is 20.2. The molecule has 0 unspecified atom stereocenters. The maximum Gasteiger partial charge on any atom is 0.143 e. The van der Waals surface area contributed by atoms with Gasteiger partial charge in [0.2, 0.25) is 0 Å². The van der Waals surface area contributed by atoms with Crippen LogP contribution in [0.5, 0.6) is 0 Å². The lowest BCUT2D eigenvalue weighted by atomic mass is 9.96. The number of nitrogens with zero attached hydrogens (tertiary/aromatic N) is 2. The van der Waals surface area contributed by atoms with Gasteiger partial charge in [-0.2, -0.15) is 0 Å². The first-order chi connectivity index (χ1) is 29.3. The Morgan fingerprint density at radius 2 is 0.966 bits per heavy atom. The number of fused-ring (bicyclic) bond motifs is 9. The summed E-state index contributed by atoms with van der Waals surface area (Å²) in [5, 5.41) is 9.45. The van der Waals surface area contributed by atoms with E-state index in [1.165, 1.54) is 49.1 Å². The summed E-state index contributed by atoms with van der Waals surface area (Å²) in [7, 11) is 0. The molecule has 2 heterocycles. The van der Waals surface area contributed by atoms with Crippen molar-refractivity contribution in [3.05, 3.63) is 218 Å². The highest BCUT2D eigenvalue weighted by Crippen LogP contribution is 2.48. The second kappa shape index (κ2) is 13.4. The van der Waals surface area contributed by atoms with E-state index in [-0.39, 0.29) is 0 Å². The summed E-state index contributed by atoms with van der Waals surface area (Å²) in [6.45, 7) is 0. The average Bonchev–Trinajstić information content (AvgIpc) is 3.86. The zero-order valence-electron chi connectivity index (χ0n) is 32.1. The predicted octanol–water partition coefficient (Wildman–Crippen LogP) is 15.8. The van der Waals surface area contributed by atoms with Crippen molar-refractivity contribution < 1.29 is 4.42 Å². The van der Waals surface area contributed by atoms with Crippen LogP contribution in [-0.2, 0) is 0 Å². The van der Waals surface area contributed by atoms with Crippen molar-refractivity contribution in [1.82, 2.24) is 4.57 Å². The normalized spacial score (nSPS) is 11.7. The number of rotatable bonds is 6. The van der Waals surface area contributed by atoms with Crippen LogP contribution < -0.4 is 4.90 Å². The Hall–Kier alpha value is -7.88. The fourth-order valence-electron chi connectivity index (χ4n) is 9.28. The van der Waals surface area contributed by atoms with Crippen LogP contribution in [0.15, 0.2) is 223 Å². The van der Waals surface area contributed by atoms with Crippen molar-refractivity contribution in [2.75, 3.05) is 4.90 Å². The van der Waals surface area contributed by atoms with Crippen LogP contribution in [0.4, 0.5) is 17.1 Å². The summed E-state index contributed by atoms with van der Waals surface area (Å²) in [4.78, 5) is 2.44. The number of para-hydroxylation sites is 5. The molecule has 59 heavy (non-hydrogen) atoms. The van der Waals surface area contributed by atoms with E-state index in [4.69, 9.17) is 4.42 Å². The molecule has 12 rings (SSSR count). The summed E-state index contributed by atoms with van der Waals surface area (Å²) >= 11 is 0. The third-order valence-electron chi connectivity index (χ3n) is 12.0. The summed E-state index contributed by atoms with van der Waals surface area (Å²) in [6, 6.07) is 78.8. The molecule has 12 aromatic rings. The Labute approximate surface area is 341 Å². The van der Waals surface area contributed by atoms with Crippen LogP contribution in [0.2, 0.25) is 0 Å². The second-order valence-electron chi connectivity index (χ2n) is 15.3. The largest absolute Gasteiger partial charge is 0.455 e. The molecule has 0 N–H and O–H groups in total. The first kappa shape index (κ1) is 33.3. The van der Waals surface area contributed by atoms with Gasteiger partial charge in [0.1, 0.15) is 11.2 Å². The van der Waals surface area contributed by atoms with Crippen LogP contribution in [0, 0.1) is 0 Å². The molecule has 10 aromatic carbocycles. The van der Waals surface area contributed by atoms with Crippen LogP contribution in [0.3, 0.4) is 0 Å². The number of benzene rings is 10. The fraction of sp³-hybridized carbons (Fsp3) is 0. The van der Waals surface area contributed by atoms with Crippen molar-refractivity contribution in [3.63, 3.8) is 0 Å². The van der Waals surface area contributed by atoms with Gasteiger partial charge >= 0.3 is 0 Å². The van der Waals surface area contributed by atoms with Gasteiger partial charge in [-0.25, -0.2) is 0 Å². The molecular formula is C56H36N2O. The van der Waals surface area contributed by atoms with Gasteiger partial charge in [0.25, 0.3) is 0 Å². The highest BCUT2D eigenvalue weighted by Gasteiger charge is 2.24. The van der Waals surface area contributed by atoms with Crippen LogP contribution >= 0.6 is 0 Å². The molecule has 0 aliphatic carbocycles. The smallest absolute Gasteiger partial charge is 0.143 e. The van der Waals surface area contributed by atoms with Crippen molar-refractivity contribution in [2.45, 2.75) is 0 Å². The summed E-state index contributed by atoms with van der Waals surface area (Å²) in [5.74, 6) is 0. The van der Waals surface area contributed by atoms with Gasteiger partial charge in [-0.3, -0.25) is 0 Å². The maximum absolute atomic E-state index is 6.71. The quantitative estimate of drug-likeness (QED) is 0.169. The topological polar surface area (TPSA) is 21.3 Å². The monoisotopic (exact) mass is 752 g/mol. The minimum Gasteiger partial charge on any atom is -0.455 e. The van der Waals surface area contributed by atoms with Gasteiger partial charge in [-0.05, 0) is 93.5 Å². The van der Waals surface area contributed by atoms with Gasteiger partial charge in [-0.15, -0.1) is 0 Å². The fourth-order valence-corrected chi connectivity index (χ4v) is 9.28. The SMILES string of the molecule is c1ccc(N(c2ccc(-c3ccc4ccccc4c3)cc2)c2ccccc2-n2c3ccccc3c3ccccc32)c(-c2cccc3oc4c5ccccc5ccc4c23)c1. The first-order valence-electron chi connectivity index (χ1n) is 20.2. The molecule has 0 amide bonds. The molecule has 3 nitrogen and oxygen atoms in total. The maximum atomic E-state index is 6.71. The Morgan fingerprint density at radius 3 is 1.76 bits per heavy atom. The molecule has 0 aliphatic rings. The van der Waals surface area contributed by atoms with Gasteiger partial charge in [0.05, 0.1) is 28.1 Å². The van der Waals surface area contributed by atoms with E-state index in [2.05, 4.69) is 228 Å². The Bertz CT molecular complexity index is 3520. The third kappa shape index (κ3) is 5.29. The molecule has 0 aliphatic heterocycles. The molecule has 0 atom stereocenters. The van der Waals surface area contributed by atoms with E-state index in [1.54, 1.807) is 0 Å². The molecule has 2 aromatic heterocycles. The minimum absolute atomic E-state index is 0.876. The predicted molar refractivity (Wildman–Crippen MR) is 249 cm³/mol. The van der Waals surface area contributed by atoms with Gasteiger partial charge in [-0.1, -0.05) is 158 Å². The van der Waals surface area contributed by atoms with E-state index in [1.807, 2.05) is 0 Å². The van der Waals surface area contributed by atoms with E-state index >= 15 is 0 Å². The van der Waals surface area contributed by atoms with E-state index in [9.17, 15) is 0 Å². The molecule has 0 fully saturated rings. The number of anilines is 3. The third-order valence-corrected chi connectivity index (χ3v) is 12.0. The van der Waals surface area contributed by atoms with Gasteiger partial charge in [0.15, 0.2) is 0 Å².